The summed E-state index contributed by atoms with van der Waals surface area (Å²) in [5.74, 6) is 0.916. The van der Waals surface area contributed by atoms with Gasteiger partial charge in [0.15, 0.2) is 0 Å². The summed E-state index contributed by atoms with van der Waals surface area (Å²) >= 11 is 1.63. The zero-order chi connectivity index (χ0) is 13.6. The molecule has 1 aliphatic heterocycles. The lowest BCUT2D eigenvalue weighted by Crippen LogP contribution is -2.29. The molecule has 0 radical (unpaired) electrons. The molecule has 2 aromatic rings. The second kappa shape index (κ2) is 4.72. The maximum absolute atomic E-state index is 12.7. The van der Waals surface area contributed by atoms with Gasteiger partial charge in [0.25, 0.3) is 5.56 Å². The first-order valence-corrected chi connectivity index (χ1v) is 7.69. The van der Waals surface area contributed by atoms with Crippen molar-refractivity contribution in [3.8, 4) is 0 Å². The van der Waals surface area contributed by atoms with Gasteiger partial charge in [0, 0.05) is 11.4 Å². The van der Waals surface area contributed by atoms with E-state index in [-0.39, 0.29) is 11.6 Å². The number of hydrogen-bond donors (Lipinski definition) is 1. The maximum Gasteiger partial charge on any atom is 0.262 e. The van der Waals surface area contributed by atoms with Crippen molar-refractivity contribution in [1.82, 2.24) is 14.9 Å². The standard InChI is InChI=1S/C14H19N3OS/c1-4-17-12(10-6-5-7-15-10)16-13-11(14(17)18)8(2)9(3)19-13/h10,15H,4-7H2,1-3H3. The van der Waals surface area contributed by atoms with E-state index in [0.717, 1.165) is 41.0 Å². The van der Waals surface area contributed by atoms with Gasteiger partial charge in [-0.2, -0.15) is 0 Å². The summed E-state index contributed by atoms with van der Waals surface area (Å²) in [6.45, 7) is 7.80. The molecule has 1 saturated heterocycles. The van der Waals surface area contributed by atoms with Gasteiger partial charge in [-0.05, 0) is 45.7 Å². The van der Waals surface area contributed by atoms with Crippen LogP contribution in [0.25, 0.3) is 10.2 Å². The summed E-state index contributed by atoms with van der Waals surface area (Å²) in [5.41, 5.74) is 1.21. The highest BCUT2D eigenvalue weighted by Crippen LogP contribution is 2.29. The monoisotopic (exact) mass is 277 g/mol. The predicted octanol–water partition coefficient (Wildman–Crippen LogP) is 2.52. The molecule has 5 heteroatoms. The molecule has 19 heavy (non-hydrogen) atoms. The van der Waals surface area contributed by atoms with Crippen molar-refractivity contribution in [2.24, 2.45) is 0 Å². The number of nitrogens with zero attached hydrogens (tertiary/aromatic N) is 2. The number of hydrogen-bond acceptors (Lipinski definition) is 4. The van der Waals surface area contributed by atoms with Gasteiger partial charge in [-0.3, -0.25) is 9.36 Å². The van der Waals surface area contributed by atoms with E-state index in [2.05, 4.69) is 12.2 Å². The lowest BCUT2D eigenvalue weighted by Gasteiger charge is -2.15. The summed E-state index contributed by atoms with van der Waals surface area (Å²) < 4.78 is 1.84. The SMILES string of the molecule is CCn1c(C2CCCN2)nc2sc(C)c(C)c2c1=O. The van der Waals surface area contributed by atoms with Gasteiger partial charge in [0.05, 0.1) is 11.4 Å². The summed E-state index contributed by atoms with van der Waals surface area (Å²) in [6.07, 6.45) is 2.23. The summed E-state index contributed by atoms with van der Waals surface area (Å²) in [6, 6.07) is 0.236. The molecule has 1 fully saturated rings. The summed E-state index contributed by atoms with van der Waals surface area (Å²) in [7, 11) is 0. The van der Waals surface area contributed by atoms with Gasteiger partial charge in [0.1, 0.15) is 10.7 Å². The quantitative estimate of drug-likeness (QED) is 0.917. The van der Waals surface area contributed by atoms with Crippen LogP contribution in [0.15, 0.2) is 4.79 Å². The van der Waals surface area contributed by atoms with Gasteiger partial charge < -0.3 is 5.32 Å². The second-order valence-corrected chi connectivity index (χ2v) is 6.33. The highest BCUT2D eigenvalue weighted by Gasteiger charge is 2.23. The molecule has 1 N–H and O–H groups in total. The molecule has 1 atom stereocenters. The largest absolute Gasteiger partial charge is 0.307 e. The van der Waals surface area contributed by atoms with Gasteiger partial charge >= 0.3 is 0 Å². The maximum atomic E-state index is 12.7. The Morgan fingerprint density at radius 3 is 2.89 bits per heavy atom. The van der Waals surface area contributed by atoms with Gasteiger partial charge in [-0.25, -0.2) is 4.98 Å². The third-order valence-electron chi connectivity index (χ3n) is 4.01. The average Bonchev–Trinajstić information content (AvgIpc) is 2.99. The van der Waals surface area contributed by atoms with E-state index in [1.807, 2.05) is 18.4 Å². The molecule has 4 nitrogen and oxygen atoms in total. The molecule has 2 aromatic heterocycles. The Bertz CT molecular complexity index is 680. The van der Waals surface area contributed by atoms with Crippen molar-refractivity contribution < 1.29 is 0 Å². The number of aromatic nitrogens is 2. The fourth-order valence-electron chi connectivity index (χ4n) is 2.82. The zero-order valence-corrected chi connectivity index (χ0v) is 12.4. The van der Waals surface area contributed by atoms with Crippen molar-refractivity contribution in [3.05, 3.63) is 26.6 Å². The minimum atomic E-state index is 0.123. The molecular formula is C14H19N3OS. The summed E-state index contributed by atoms with van der Waals surface area (Å²) in [4.78, 5) is 19.6. The van der Waals surface area contributed by atoms with Gasteiger partial charge in [-0.1, -0.05) is 0 Å². The van der Waals surface area contributed by atoms with Crippen LogP contribution >= 0.6 is 11.3 Å². The van der Waals surface area contributed by atoms with E-state index in [4.69, 9.17) is 4.98 Å². The molecule has 1 aliphatic rings. The van der Waals surface area contributed by atoms with Crippen LogP contribution in [0.2, 0.25) is 0 Å². The van der Waals surface area contributed by atoms with Crippen LogP contribution in [-0.4, -0.2) is 16.1 Å². The molecule has 3 heterocycles. The Labute approximate surface area is 116 Å². The van der Waals surface area contributed by atoms with E-state index in [0.29, 0.717) is 6.54 Å². The normalized spacial score (nSPS) is 19.4. The minimum absolute atomic E-state index is 0.123. The highest BCUT2D eigenvalue weighted by molar-refractivity contribution is 7.18. The number of nitrogens with one attached hydrogen (secondary N) is 1. The minimum Gasteiger partial charge on any atom is -0.307 e. The predicted molar refractivity (Wildman–Crippen MR) is 79.0 cm³/mol. The molecule has 0 amide bonds. The number of thiophene rings is 1. The van der Waals surface area contributed by atoms with E-state index in [1.165, 1.54) is 4.88 Å². The Morgan fingerprint density at radius 2 is 2.26 bits per heavy atom. The van der Waals surface area contributed by atoms with Crippen molar-refractivity contribution in [3.63, 3.8) is 0 Å². The first-order chi connectivity index (χ1) is 9.13. The van der Waals surface area contributed by atoms with Crippen molar-refractivity contribution in [2.45, 2.75) is 46.2 Å². The fourth-order valence-corrected chi connectivity index (χ4v) is 3.85. The van der Waals surface area contributed by atoms with E-state index in [1.54, 1.807) is 11.3 Å². The van der Waals surface area contributed by atoms with Crippen LogP contribution in [-0.2, 0) is 6.54 Å². The topological polar surface area (TPSA) is 46.9 Å². The second-order valence-electron chi connectivity index (χ2n) is 5.13. The lowest BCUT2D eigenvalue weighted by molar-refractivity contribution is 0.540. The number of rotatable bonds is 2. The molecular weight excluding hydrogens is 258 g/mol. The smallest absolute Gasteiger partial charge is 0.262 e. The van der Waals surface area contributed by atoms with Crippen LogP contribution in [0.1, 0.15) is 42.1 Å². The molecule has 0 aliphatic carbocycles. The molecule has 1 unspecified atom stereocenters. The first-order valence-electron chi connectivity index (χ1n) is 6.87. The van der Waals surface area contributed by atoms with E-state index < -0.39 is 0 Å². The third-order valence-corrected chi connectivity index (χ3v) is 5.11. The first kappa shape index (κ1) is 12.8. The van der Waals surface area contributed by atoms with Crippen LogP contribution in [0.5, 0.6) is 0 Å². The number of aryl methyl sites for hydroxylation is 2. The number of fused-ring (bicyclic) bond motifs is 1. The Hall–Kier alpha value is -1.20. The van der Waals surface area contributed by atoms with Crippen LogP contribution in [0.3, 0.4) is 0 Å². The van der Waals surface area contributed by atoms with Crippen molar-refractivity contribution in [2.75, 3.05) is 6.54 Å². The van der Waals surface area contributed by atoms with Crippen LogP contribution < -0.4 is 10.9 Å². The molecule has 3 rings (SSSR count). The molecule has 0 spiro atoms. The Balaban J connectivity index is 2.30. The van der Waals surface area contributed by atoms with Gasteiger partial charge in [-0.15, -0.1) is 11.3 Å². The fraction of sp³-hybridized carbons (Fsp3) is 0.571. The van der Waals surface area contributed by atoms with E-state index in [9.17, 15) is 4.79 Å². The van der Waals surface area contributed by atoms with Crippen LogP contribution in [0.4, 0.5) is 0 Å². The molecule has 102 valence electrons. The molecule has 0 aromatic carbocycles. The van der Waals surface area contributed by atoms with Gasteiger partial charge in [0.2, 0.25) is 0 Å². The summed E-state index contributed by atoms with van der Waals surface area (Å²) in [5, 5.41) is 4.25. The average molecular weight is 277 g/mol. The van der Waals surface area contributed by atoms with Crippen molar-refractivity contribution in [1.29, 1.82) is 0 Å². The lowest BCUT2D eigenvalue weighted by atomic mass is 10.2. The third kappa shape index (κ3) is 1.92. The zero-order valence-electron chi connectivity index (χ0n) is 11.6. The van der Waals surface area contributed by atoms with Crippen LogP contribution in [0, 0.1) is 13.8 Å². The Kier molecular flexibility index (Phi) is 3.19. The molecule has 0 saturated carbocycles. The Morgan fingerprint density at radius 1 is 1.47 bits per heavy atom. The molecule has 0 bridgehead atoms. The van der Waals surface area contributed by atoms with Crippen molar-refractivity contribution >= 4 is 21.6 Å². The van der Waals surface area contributed by atoms with E-state index >= 15 is 0 Å². The highest BCUT2D eigenvalue weighted by atomic mass is 32.1.